The van der Waals surface area contributed by atoms with E-state index in [1.54, 1.807) is 18.2 Å². The Bertz CT molecular complexity index is 1180. The molecule has 0 atom stereocenters. The molecule has 3 rings (SSSR count). The van der Waals surface area contributed by atoms with E-state index in [1.807, 2.05) is 68.4 Å². The van der Waals surface area contributed by atoms with Crippen molar-refractivity contribution in [1.82, 2.24) is 5.32 Å². The molecule has 0 saturated carbocycles. The third-order valence-electron chi connectivity index (χ3n) is 4.82. The third kappa shape index (κ3) is 6.13. The van der Waals surface area contributed by atoms with E-state index < -0.39 is 5.91 Å². The van der Waals surface area contributed by atoms with E-state index in [-0.39, 0.29) is 5.57 Å². The number of carbonyl (C=O) groups is 1. The molecule has 0 aliphatic rings. The van der Waals surface area contributed by atoms with Crippen molar-refractivity contribution in [1.29, 1.82) is 5.26 Å². The topological polar surface area (TPSA) is 62.1 Å². The average molecular weight is 465 g/mol. The fraction of sp³-hybridized carbons (Fsp3) is 0.154. The number of halogens is 2. The van der Waals surface area contributed by atoms with Crippen molar-refractivity contribution in [3.8, 4) is 11.8 Å². The second-order valence-electron chi connectivity index (χ2n) is 7.36. The highest BCUT2D eigenvalue weighted by atomic mass is 35.5. The van der Waals surface area contributed by atoms with Crippen molar-refractivity contribution in [2.24, 2.45) is 0 Å². The van der Waals surface area contributed by atoms with Crippen molar-refractivity contribution in [3.05, 3.63) is 104 Å². The molecule has 0 aromatic heterocycles. The summed E-state index contributed by atoms with van der Waals surface area (Å²) in [6.45, 7) is 4.56. The summed E-state index contributed by atoms with van der Waals surface area (Å²) in [4.78, 5) is 12.5. The van der Waals surface area contributed by atoms with Gasteiger partial charge in [0.05, 0.1) is 10.0 Å². The third-order valence-corrected chi connectivity index (χ3v) is 5.56. The summed E-state index contributed by atoms with van der Waals surface area (Å²) in [5, 5.41) is 13.2. The molecule has 0 heterocycles. The lowest BCUT2D eigenvalue weighted by Gasteiger charge is -2.14. The SMILES string of the molecule is Cc1cc(/C=C(\C#N)C(=O)NCc2ccccc2)cc(C)c1OCc1ccc(Cl)c(Cl)c1. The van der Waals surface area contributed by atoms with Crippen molar-refractivity contribution in [2.75, 3.05) is 0 Å². The molecule has 0 radical (unpaired) electrons. The molecule has 1 amide bonds. The average Bonchev–Trinajstić information content (AvgIpc) is 2.78. The minimum absolute atomic E-state index is 0.0456. The molecule has 3 aromatic carbocycles. The summed E-state index contributed by atoms with van der Waals surface area (Å²) in [6.07, 6.45) is 1.59. The lowest BCUT2D eigenvalue weighted by atomic mass is 10.0. The zero-order chi connectivity index (χ0) is 23.1. The molecular formula is C26H22Cl2N2O2. The highest BCUT2D eigenvalue weighted by molar-refractivity contribution is 6.42. The minimum Gasteiger partial charge on any atom is -0.488 e. The van der Waals surface area contributed by atoms with Gasteiger partial charge in [-0.15, -0.1) is 0 Å². The minimum atomic E-state index is -0.411. The van der Waals surface area contributed by atoms with Crippen molar-refractivity contribution >= 4 is 35.2 Å². The number of aryl methyl sites for hydroxylation is 2. The number of hydrogen-bond donors (Lipinski definition) is 1. The maximum absolute atomic E-state index is 12.5. The van der Waals surface area contributed by atoms with Gasteiger partial charge in [-0.3, -0.25) is 4.79 Å². The van der Waals surface area contributed by atoms with Crippen LogP contribution in [0.25, 0.3) is 6.08 Å². The first-order valence-corrected chi connectivity index (χ1v) is 10.7. The summed E-state index contributed by atoms with van der Waals surface area (Å²) >= 11 is 12.0. The van der Waals surface area contributed by atoms with Crippen LogP contribution in [0.2, 0.25) is 10.0 Å². The van der Waals surface area contributed by atoms with Crippen LogP contribution in [-0.2, 0) is 17.9 Å². The molecule has 0 fully saturated rings. The molecule has 0 unspecified atom stereocenters. The Kier molecular flexibility index (Phi) is 7.94. The molecule has 0 spiro atoms. The van der Waals surface area contributed by atoms with Gasteiger partial charge in [-0.1, -0.05) is 59.6 Å². The predicted molar refractivity (Wildman–Crippen MR) is 129 cm³/mol. The summed E-state index contributed by atoms with van der Waals surface area (Å²) in [7, 11) is 0. The molecule has 0 saturated heterocycles. The number of hydrogen-bond acceptors (Lipinski definition) is 3. The van der Waals surface area contributed by atoms with Crippen molar-refractivity contribution in [3.63, 3.8) is 0 Å². The molecule has 0 aliphatic heterocycles. The van der Waals surface area contributed by atoms with Gasteiger partial charge in [-0.2, -0.15) is 5.26 Å². The standard InChI is InChI=1S/C26H22Cl2N2O2/c1-17-10-21(12-22(14-29)26(31)30-15-19-6-4-3-5-7-19)11-18(2)25(17)32-16-20-8-9-23(27)24(28)13-20/h3-13H,15-16H2,1-2H3,(H,30,31)/b22-12+. The van der Waals surface area contributed by atoms with Gasteiger partial charge in [0, 0.05) is 6.54 Å². The largest absolute Gasteiger partial charge is 0.488 e. The molecule has 3 aromatic rings. The van der Waals surface area contributed by atoms with Crippen LogP contribution in [0.1, 0.15) is 27.8 Å². The van der Waals surface area contributed by atoms with Gasteiger partial charge < -0.3 is 10.1 Å². The van der Waals surface area contributed by atoms with E-state index in [2.05, 4.69) is 5.32 Å². The lowest BCUT2D eigenvalue weighted by Crippen LogP contribution is -2.23. The summed E-state index contributed by atoms with van der Waals surface area (Å²) in [5.41, 5.74) is 4.48. The molecule has 4 nitrogen and oxygen atoms in total. The van der Waals surface area contributed by atoms with Gasteiger partial charge in [-0.05, 0) is 72.0 Å². The number of amides is 1. The first kappa shape index (κ1) is 23.4. The molecule has 0 aliphatic carbocycles. The maximum Gasteiger partial charge on any atom is 0.262 e. The highest BCUT2D eigenvalue weighted by Crippen LogP contribution is 2.28. The number of nitrogens with zero attached hydrogens (tertiary/aromatic N) is 1. The first-order chi connectivity index (χ1) is 15.4. The smallest absolute Gasteiger partial charge is 0.262 e. The van der Waals surface area contributed by atoms with Crippen LogP contribution in [0.4, 0.5) is 0 Å². The van der Waals surface area contributed by atoms with E-state index in [9.17, 15) is 10.1 Å². The molecule has 6 heteroatoms. The fourth-order valence-corrected chi connectivity index (χ4v) is 3.59. The van der Waals surface area contributed by atoms with E-state index in [0.29, 0.717) is 23.2 Å². The van der Waals surface area contributed by atoms with Gasteiger partial charge in [0.25, 0.3) is 5.91 Å². The normalized spacial score (nSPS) is 11.0. The van der Waals surface area contributed by atoms with Crippen LogP contribution in [0.5, 0.6) is 5.75 Å². The van der Waals surface area contributed by atoms with Gasteiger partial charge >= 0.3 is 0 Å². The lowest BCUT2D eigenvalue weighted by molar-refractivity contribution is -0.117. The molecule has 32 heavy (non-hydrogen) atoms. The van der Waals surface area contributed by atoms with Crippen LogP contribution in [0, 0.1) is 25.2 Å². The summed E-state index contributed by atoms with van der Waals surface area (Å²) < 4.78 is 6.00. The molecule has 1 N–H and O–H groups in total. The van der Waals surface area contributed by atoms with Gasteiger partial charge in [0.2, 0.25) is 0 Å². The Morgan fingerprint density at radius 2 is 1.69 bits per heavy atom. The van der Waals surface area contributed by atoms with Crippen LogP contribution < -0.4 is 10.1 Å². The van der Waals surface area contributed by atoms with E-state index in [1.165, 1.54) is 0 Å². The number of carbonyl (C=O) groups excluding carboxylic acids is 1. The fourth-order valence-electron chi connectivity index (χ4n) is 3.27. The van der Waals surface area contributed by atoms with E-state index >= 15 is 0 Å². The van der Waals surface area contributed by atoms with E-state index in [0.717, 1.165) is 33.6 Å². The zero-order valence-corrected chi connectivity index (χ0v) is 19.3. The second-order valence-corrected chi connectivity index (χ2v) is 8.17. The number of nitrogens with one attached hydrogen (secondary N) is 1. The van der Waals surface area contributed by atoms with Crippen LogP contribution in [0.15, 0.2) is 66.2 Å². The Labute approximate surface area is 198 Å². The summed E-state index contributed by atoms with van der Waals surface area (Å²) in [6, 6.07) is 20.7. The Morgan fingerprint density at radius 3 is 2.31 bits per heavy atom. The molecule has 0 bridgehead atoms. The quantitative estimate of drug-likeness (QED) is 0.324. The number of ether oxygens (including phenoxy) is 1. The van der Waals surface area contributed by atoms with Crippen LogP contribution >= 0.6 is 23.2 Å². The van der Waals surface area contributed by atoms with Gasteiger partial charge in [0.1, 0.15) is 24.0 Å². The van der Waals surface area contributed by atoms with Crippen LogP contribution in [-0.4, -0.2) is 5.91 Å². The monoisotopic (exact) mass is 464 g/mol. The summed E-state index contributed by atoms with van der Waals surface area (Å²) in [5.74, 6) is 0.340. The van der Waals surface area contributed by atoms with E-state index in [4.69, 9.17) is 27.9 Å². The Balaban J connectivity index is 1.72. The van der Waals surface area contributed by atoms with Crippen LogP contribution in [0.3, 0.4) is 0 Å². The maximum atomic E-state index is 12.5. The highest BCUT2D eigenvalue weighted by Gasteiger charge is 2.11. The first-order valence-electron chi connectivity index (χ1n) is 9.99. The number of nitriles is 1. The van der Waals surface area contributed by atoms with Gasteiger partial charge in [0.15, 0.2) is 0 Å². The van der Waals surface area contributed by atoms with Gasteiger partial charge in [-0.25, -0.2) is 0 Å². The predicted octanol–water partition coefficient (Wildman–Crippen LogP) is 6.41. The van der Waals surface area contributed by atoms with Crippen molar-refractivity contribution in [2.45, 2.75) is 27.0 Å². The number of rotatable bonds is 7. The Morgan fingerprint density at radius 1 is 1.00 bits per heavy atom. The second kappa shape index (κ2) is 10.9. The van der Waals surface area contributed by atoms with Crippen molar-refractivity contribution < 1.29 is 9.53 Å². The molecule has 162 valence electrons. The zero-order valence-electron chi connectivity index (χ0n) is 17.8. The number of benzene rings is 3. The Hall–Kier alpha value is -3.26. The molecular weight excluding hydrogens is 443 g/mol.